The third kappa shape index (κ3) is 5.53. The maximum absolute atomic E-state index is 13.1. The van der Waals surface area contributed by atoms with Crippen LogP contribution in [0.4, 0.5) is 5.69 Å². The molecular weight excluding hydrogens is 376 g/mol. The number of hydrogen-bond acceptors (Lipinski definition) is 5. The summed E-state index contributed by atoms with van der Waals surface area (Å²) in [6, 6.07) is 6.04. The van der Waals surface area contributed by atoms with E-state index in [-0.39, 0.29) is 5.91 Å². The van der Waals surface area contributed by atoms with E-state index in [4.69, 9.17) is 5.73 Å². The molecule has 0 saturated carbocycles. The maximum Gasteiger partial charge on any atom is 0.268 e. The minimum atomic E-state index is -0.255. The van der Waals surface area contributed by atoms with Gasteiger partial charge in [-0.1, -0.05) is 32.2 Å². The molecule has 0 bridgehead atoms. The summed E-state index contributed by atoms with van der Waals surface area (Å²) < 4.78 is 0. The lowest BCUT2D eigenvalue weighted by molar-refractivity contribution is -0.118. The predicted octanol–water partition coefficient (Wildman–Crippen LogP) is 3.61. The van der Waals surface area contributed by atoms with Crippen LogP contribution in [-0.4, -0.2) is 35.6 Å². The molecule has 7 heteroatoms. The summed E-state index contributed by atoms with van der Waals surface area (Å²) in [4.78, 5) is 27.7. The fourth-order valence-electron chi connectivity index (χ4n) is 3.11. The first-order valence-electron chi connectivity index (χ1n) is 9.84. The van der Waals surface area contributed by atoms with E-state index in [1.807, 2.05) is 25.1 Å². The zero-order valence-electron chi connectivity index (χ0n) is 18.2. The van der Waals surface area contributed by atoms with Gasteiger partial charge in [-0.3, -0.25) is 19.7 Å². The normalized spacial score (nSPS) is 14.6. The summed E-state index contributed by atoms with van der Waals surface area (Å²) in [5.74, 6) is 0.769. The molecule has 1 aromatic carbocycles. The summed E-state index contributed by atoms with van der Waals surface area (Å²) in [7, 11) is 1.66. The largest absolute Gasteiger partial charge is 0.402 e. The SMILES string of the molecule is C=C(N)CC1=NC(=C)N(C(C)=NC)C(C(=O)NCc2ccc(CC)c(N=CC)c2)=C1. The highest BCUT2D eigenvalue weighted by atomic mass is 16.2. The van der Waals surface area contributed by atoms with Crippen molar-refractivity contribution in [2.45, 2.75) is 40.2 Å². The van der Waals surface area contributed by atoms with E-state index < -0.39 is 0 Å². The molecule has 0 aliphatic carbocycles. The predicted molar refractivity (Wildman–Crippen MR) is 125 cm³/mol. The van der Waals surface area contributed by atoms with Crippen molar-refractivity contribution in [2.75, 3.05) is 7.05 Å². The first kappa shape index (κ1) is 22.8. The van der Waals surface area contributed by atoms with Crippen molar-refractivity contribution in [3.05, 3.63) is 65.8 Å². The van der Waals surface area contributed by atoms with Gasteiger partial charge in [-0.25, -0.2) is 4.99 Å². The second-order valence-corrected chi connectivity index (χ2v) is 6.88. The summed E-state index contributed by atoms with van der Waals surface area (Å²) in [5.41, 5.74) is 10.3. The molecule has 0 radical (unpaired) electrons. The van der Waals surface area contributed by atoms with Crippen LogP contribution in [0.2, 0.25) is 0 Å². The van der Waals surface area contributed by atoms with E-state index in [0.717, 1.165) is 17.7 Å². The Morgan fingerprint density at radius 2 is 2.13 bits per heavy atom. The molecule has 1 heterocycles. The second-order valence-electron chi connectivity index (χ2n) is 6.88. The first-order chi connectivity index (χ1) is 14.3. The van der Waals surface area contributed by atoms with Crippen molar-refractivity contribution in [3.8, 4) is 0 Å². The number of hydrogen-bond donors (Lipinski definition) is 2. The number of amidine groups is 1. The Bertz CT molecular complexity index is 968. The number of nitrogens with two attached hydrogens (primary N) is 1. The molecule has 0 atom stereocenters. The van der Waals surface area contributed by atoms with Crippen LogP contribution in [-0.2, 0) is 17.8 Å². The minimum absolute atomic E-state index is 0.255. The number of allylic oxidation sites excluding steroid dienone is 2. The van der Waals surface area contributed by atoms with E-state index in [1.54, 1.807) is 31.2 Å². The number of rotatable bonds is 7. The van der Waals surface area contributed by atoms with Crippen molar-refractivity contribution in [1.82, 2.24) is 10.2 Å². The lowest BCUT2D eigenvalue weighted by atomic mass is 10.1. The number of aliphatic imine (C=N–C) groups is 3. The number of benzene rings is 1. The van der Waals surface area contributed by atoms with Gasteiger partial charge in [-0.2, -0.15) is 0 Å². The lowest BCUT2D eigenvalue weighted by Crippen LogP contribution is -2.39. The van der Waals surface area contributed by atoms with Crippen LogP contribution in [0.25, 0.3) is 0 Å². The molecule has 158 valence electrons. The average molecular weight is 407 g/mol. The quantitative estimate of drug-likeness (QED) is 0.535. The highest BCUT2D eigenvalue weighted by Crippen LogP contribution is 2.23. The van der Waals surface area contributed by atoms with E-state index in [9.17, 15) is 4.79 Å². The van der Waals surface area contributed by atoms with Gasteiger partial charge in [0.25, 0.3) is 5.91 Å². The second kappa shape index (κ2) is 10.3. The van der Waals surface area contributed by atoms with Crippen LogP contribution < -0.4 is 11.1 Å². The summed E-state index contributed by atoms with van der Waals surface area (Å²) >= 11 is 0. The zero-order chi connectivity index (χ0) is 22.3. The molecule has 1 aliphatic rings. The molecule has 1 aliphatic heterocycles. The molecule has 7 nitrogen and oxygen atoms in total. The smallest absolute Gasteiger partial charge is 0.268 e. The van der Waals surface area contributed by atoms with E-state index >= 15 is 0 Å². The molecule has 0 fully saturated rings. The highest BCUT2D eigenvalue weighted by Gasteiger charge is 2.26. The Balaban J connectivity index is 2.26. The Hall–Kier alpha value is -3.48. The Morgan fingerprint density at radius 3 is 2.73 bits per heavy atom. The van der Waals surface area contributed by atoms with E-state index in [2.05, 4.69) is 40.4 Å². The van der Waals surface area contributed by atoms with Gasteiger partial charge < -0.3 is 11.1 Å². The Kier molecular flexibility index (Phi) is 7.86. The van der Waals surface area contributed by atoms with Gasteiger partial charge in [0, 0.05) is 31.9 Å². The van der Waals surface area contributed by atoms with Crippen molar-refractivity contribution in [2.24, 2.45) is 20.7 Å². The lowest BCUT2D eigenvalue weighted by Gasteiger charge is -2.29. The van der Waals surface area contributed by atoms with Gasteiger partial charge in [0.05, 0.1) is 11.4 Å². The summed E-state index contributed by atoms with van der Waals surface area (Å²) in [6.07, 6.45) is 4.73. The Morgan fingerprint density at radius 1 is 1.40 bits per heavy atom. The first-order valence-corrected chi connectivity index (χ1v) is 9.84. The van der Waals surface area contributed by atoms with Crippen LogP contribution in [0.3, 0.4) is 0 Å². The number of nitrogens with zero attached hydrogens (tertiary/aromatic N) is 4. The summed E-state index contributed by atoms with van der Waals surface area (Å²) in [5, 5.41) is 2.97. The van der Waals surface area contributed by atoms with Crippen molar-refractivity contribution in [3.63, 3.8) is 0 Å². The molecule has 0 saturated heterocycles. The van der Waals surface area contributed by atoms with Gasteiger partial charge in [-0.05, 0) is 43.5 Å². The van der Waals surface area contributed by atoms with E-state index in [1.165, 1.54) is 5.56 Å². The monoisotopic (exact) mass is 406 g/mol. The molecule has 2 rings (SSSR count). The van der Waals surface area contributed by atoms with Gasteiger partial charge in [0.15, 0.2) is 0 Å². The molecule has 1 aromatic rings. The number of carbonyl (C=O) groups is 1. The summed E-state index contributed by atoms with van der Waals surface area (Å²) in [6.45, 7) is 13.8. The number of aryl methyl sites for hydroxylation is 1. The van der Waals surface area contributed by atoms with Crippen LogP contribution >= 0.6 is 0 Å². The van der Waals surface area contributed by atoms with Gasteiger partial charge >= 0.3 is 0 Å². The number of amides is 1. The molecule has 0 unspecified atom stereocenters. The number of carbonyl (C=O) groups excluding carboxylic acids is 1. The molecule has 30 heavy (non-hydrogen) atoms. The molecule has 1 amide bonds. The minimum Gasteiger partial charge on any atom is -0.402 e. The van der Waals surface area contributed by atoms with Crippen LogP contribution in [0.15, 0.2) is 69.6 Å². The fraction of sp³-hybridized carbons (Fsp3) is 0.304. The van der Waals surface area contributed by atoms with Crippen molar-refractivity contribution < 1.29 is 4.79 Å². The Labute approximate surface area is 178 Å². The van der Waals surface area contributed by atoms with Gasteiger partial charge in [-0.15, -0.1) is 0 Å². The van der Waals surface area contributed by atoms with Gasteiger partial charge in [0.2, 0.25) is 0 Å². The fourth-order valence-corrected chi connectivity index (χ4v) is 3.11. The van der Waals surface area contributed by atoms with Crippen molar-refractivity contribution in [1.29, 1.82) is 0 Å². The standard InChI is InChI=1S/C23H30N6O/c1-7-19-10-9-18(12-21(19)26-8-2)14-27-23(30)22-13-20(11-15(3)24)28-17(5)29(22)16(4)25-6/h8-10,12-13H,3,5,7,11,14,24H2,1-2,4,6H3,(H,27,30). The third-order valence-corrected chi connectivity index (χ3v) is 4.61. The maximum atomic E-state index is 13.1. The molecular formula is C23H30N6O. The molecule has 3 N–H and O–H groups in total. The third-order valence-electron chi connectivity index (χ3n) is 4.61. The van der Waals surface area contributed by atoms with Crippen LogP contribution in [0, 0.1) is 0 Å². The van der Waals surface area contributed by atoms with Crippen LogP contribution in [0.5, 0.6) is 0 Å². The zero-order valence-corrected chi connectivity index (χ0v) is 18.2. The molecule has 0 spiro atoms. The molecule has 0 aromatic heterocycles. The van der Waals surface area contributed by atoms with Crippen molar-refractivity contribution >= 4 is 29.4 Å². The van der Waals surface area contributed by atoms with Crippen LogP contribution in [0.1, 0.15) is 38.3 Å². The topological polar surface area (TPSA) is 95.4 Å². The van der Waals surface area contributed by atoms with Gasteiger partial charge in [0.1, 0.15) is 17.4 Å². The number of nitrogens with one attached hydrogen (secondary N) is 1. The van der Waals surface area contributed by atoms with E-state index in [0.29, 0.717) is 41.7 Å². The highest BCUT2D eigenvalue weighted by molar-refractivity contribution is 6.09. The average Bonchev–Trinajstić information content (AvgIpc) is 2.71.